The standard InChI is InChI=1S/C19H21NO2/c1-4-22-18-12-8-16(9-13-18)19(21)14-7-15-5-10-17(11-6-15)20(2)3/h5-14H,4H2,1-3H3/b14-7+. The Bertz CT molecular complexity index is 640. The Hall–Kier alpha value is -2.55. The highest BCUT2D eigenvalue weighted by Crippen LogP contribution is 2.15. The van der Waals surface area contributed by atoms with E-state index in [1.54, 1.807) is 18.2 Å². The van der Waals surface area contributed by atoms with Crippen molar-refractivity contribution in [1.29, 1.82) is 0 Å². The Labute approximate surface area is 131 Å². The molecule has 3 heteroatoms. The Balaban J connectivity index is 2.04. The largest absolute Gasteiger partial charge is 0.494 e. The van der Waals surface area contributed by atoms with Gasteiger partial charge in [0, 0.05) is 25.3 Å². The molecule has 0 fully saturated rings. The highest BCUT2D eigenvalue weighted by molar-refractivity contribution is 6.06. The zero-order valence-electron chi connectivity index (χ0n) is 13.2. The van der Waals surface area contributed by atoms with Gasteiger partial charge in [-0.3, -0.25) is 4.79 Å². The van der Waals surface area contributed by atoms with Crippen molar-refractivity contribution >= 4 is 17.5 Å². The van der Waals surface area contributed by atoms with E-state index in [1.165, 1.54) is 0 Å². The third-order valence-electron chi connectivity index (χ3n) is 3.29. The van der Waals surface area contributed by atoms with Gasteiger partial charge in [0.15, 0.2) is 5.78 Å². The molecule has 0 N–H and O–H groups in total. The number of ketones is 1. The minimum Gasteiger partial charge on any atom is -0.494 e. The lowest BCUT2D eigenvalue weighted by atomic mass is 10.1. The van der Waals surface area contributed by atoms with Crippen molar-refractivity contribution in [2.24, 2.45) is 0 Å². The first-order valence-electron chi connectivity index (χ1n) is 7.33. The number of allylic oxidation sites excluding steroid dienone is 1. The van der Waals surface area contributed by atoms with Crippen LogP contribution in [0.5, 0.6) is 5.75 Å². The van der Waals surface area contributed by atoms with Gasteiger partial charge in [0.25, 0.3) is 0 Å². The van der Waals surface area contributed by atoms with Crippen LogP contribution >= 0.6 is 0 Å². The number of anilines is 1. The van der Waals surface area contributed by atoms with Gasteiger partial charge in [-0.25, -0.2) is 0 Å². The molecular weight excluding hydrogens is 274 g/mol. The Kier molecular flexibility index (Phi) is 5.37. The molecule has 0 aliphatic rings. The normalized spacial score (nSPS) is 10.7. The molecule has 0 atom stereocenters. The van der Waals surface area contributed by atoms with Crippen LogP contribution in [0.25, 0.3) is 6.08 Å². The van der Waals surface area contributed by atoms with Gasteiger partial charge >= 0.3 is 0 Å². The van der Waals surface area contributed by atoms with E-state index in [0.717, 1.165) is 17.0 Å². The maximum atomic E-state index is 12.1. The first-order valence-corrected chi connectivity index (χ1v) is 7.33. The maximum absolute atomic E-state index is 12.1. The zero-order valence-corrected chi connectivity index (χ0v) is 13.2. The van der Waals surface area contributed by atoms with Crippen LogP contribution in [0.4, 0.5) is 5.69 Å². The van der Waals surface area contributed by atoms with Crippen molar-refractivity contribution in [2.45, 2.75) is 6.92 Å². The Morgan fingerprint density at radius 3 is 2.23 bits per heavy atom. The number of hydrogen-bond donors (Lipinski definition) is 0. The molecule has 2 rings (SSSR count). The zero-order chi connectivity index (χ0) is 15.9. The summed E-state index contributed by atoms with van der Waals surface area (Å²) in [7, 11) is 4.00. The van der Waals surface area contributed by atoms with Gasteiger partial charge in [-0.1, -0.05) is 18.2 Å². The second kappa shape index (κ2) is 7.46. The van der Waals surface area contributed by atoms with E-state index >= 15 is 0 Å². The third-order valence-corrected chi connectivity index (χ3v) is 3.29. The fourth-order valence-corrected chi connectivity index (χ4v) is 2.03. The third kappa shape index (κ3) is 4.22. The number of hydrogen-bond acceptors (Lipinski definition) is 3. The number of nitrogens with zero attached hydrogens (tertiary/aromatic N) is 1. The van der Waals surface area contributed by atoms with E-state index in [4.69, 9.17) is 4.74 Å². The van der Waals surface area contributed by atoms with Gasteiger partial charge in [0.05, 0.1) is 6.61 Å². The smallest absolute Gasteiger partial charge is 0.185 e. The van der Waals surface area contributed by atoms with E-state index in [9.17, 15) is 4.79 Å². The summed E-state index contributed by atoms with van der Waals surface area (Å²) in [6.45, 7) is 2.56. The lowest BCUT2D eigenvalue weighted by Gasteiger charge is -2.11. The van der Waals surface area contributed by atoms with Crippen LogP contribution in [0.15, 0.2) is 54.6 Å². The molecular formula is C19H21NO2. The van der Waals surface area contributed by atoms with Crippen molar-refractivity contribution in [3.63, 3.8) is 0 Å². The van der Waals surface area contributed by atoms with Gasteiger partial charge in [-0.15, -0.1) is 0 Å². The summed E-state index contributed by atoms with van der Waals surface area (Å²) in [5, 5.41) is 0. The molecule has 22 heavy (non-hydrogen) atoms. The van der Waals surface area contributed by atoms with Crippen molar-refractivity contribution in [3.05, 3.63) is 65.7 Å². The molecule has 0 unspecified atom stereocenters. The molecule has 2 aromatic rings. The molecule has 0 saturated heterocycles. The van der Waals surface area contributed by atoms with Gasteiger partial charge in [0.1, 0.15) is 5.75 Å². The summed E-state index contributed by atoms with van der Waals surface area (Å²) in [4.78, 5) is 14.2. The fraction of sp³-hybridized carbons (Fsp3) is 0.211. The summed E-state index contributed by atoms with van der Waals surface area (Å²) in [5.41, 5.74) is 2.80. The predicted octanol–water partition coefficient (Wildman–Crippen LogP) is 4.05. The molecule has 0 spiro atoms. The molecule has 3 nitrogen and oxygen atoms in total. The van der Waals surface area contributed by atoms with E-state index < -0.39 is 0 Å². The van der Waals surface area contributed by atoms with Crippen LogP contribution < -0.4 is 9.64 Å². The number of carbonyl (C=O) groups is 1. The van der Waals surface area contributed by atoms with Gasteiger partial charge in [-0.2, -0.15) is 0 Å². The molecule has 2 aromatic carbocycles. The Morgan fingerprint density at radius 2 is 1.68 bits per heavy atom. The van der Waals surface area contributed by atoms with Gasteiger partial charge in [-0.05, 0) is 55.0 Å². The van der Waals surface area contributed by atoms with E-state index in [0.29, 0.717) is 12.2 Å². The number of carbonyl (C=O) groups excluding carboxylic acids is 1. The van der Waals surface area contributed by atoms with Crippen LogP contribution in [0, 0.1) is 0 Å². The highest BCUT2D eigenvalue weighted by Gasteiger charge is 2.02. The average molecular weight is 295 g/mol. The van der Waals surface area contributed by atoms with Crippen LogP contribution in [0.3, 0.4) is 0 Å². The molecule has 0 radical (unpaired) electrons. The van der Waals surface area contributed by atoms with E-state index in [1.807, 2.05) is 68.4 Å². The monoisotopic (exact) mass is 295 g/mol. The molecule has 0 amide bonds. The fourth-order valence-electron chi connectivity index (χ4n) is 2.03. The molecule has 0 aliphatic heterocycles. The lowest BCUT2D eigenvalue weighted by Crippen LogP contribution is -2.07. The predicted molar refractivity (Wildman–Crippen MR) is 91.7 cm³/mol. The van der Waals surface area contributed by atoms with Crippen LogP contribution in [0.1, 0.15) is 22.8 Å². The van der Waals surface area contributed by atoms with Gasteiger partial charge in [0.2, 0.25) is 0 Å². The van der Waals surface area contributed by atoms with Crippen molar-refractivity contribution in [1.82, 2.24) is 0 Å². The second-order valence-electron chi connectivity index (χ2n) is 5.14. The molecule has 0 saturated carbocycles. The minimum atomic E-state index is -0.0141. The maximum Gasteiger partial charge on any atom is 0.185 e. The average Bonchev–Trinajstić information content (AvgIpc) is 2.54. The summed E-state index contributed by atoms with van der Waals surface area (Å²) < 4.78 is 5.37. The number of rotatable bonds is 6. The summed E-state index contributed by atoms with van der Waals surface area (Å²) in [5.74, 6) is 0.766. The lowest BCUT2D eigenvalue weighted by molar-refractivity contribution is 0.104. The Morgan fingerprint density at radius 1 is 1.05 bits per heavy atom. The van der Waals surface area contributed by atoms with Crippen LogP contribution in [-0.4, -0.2) is 26.5 Å². The summed E-state index contributed by atoms with van der Waals surface area (Å²) in [6, 6.07) is 15.3. The number of ether oxygens (including phenoxy) is 1. The van der Waals surface area contributed by atoms with Crippen molar-refractivity contribution in [2.75, 3.05) is 25.6 Å². The molecule has 0 heterocycles. The first-order chi connectivity index (χ1) is 10.6. The van der Waals surface area contributed by atoms with Gasteiger partial charge < -0.3 is 9.64 Å². The SMILES string of the molecule is CCOc1ccc(C(=O)/C=C/c2ccc(N(C)C)cc2)cc1. The van der Waals surface area contributed by atoms with Crippen LogP contribution in [0.2, 0.25) is 0 Å². The van der Waals surface area contributed by atoms with E-state index in [2.05, 4.69) is 0 Å². The van der Waals surface area contributed by atoms with Crippen molar-refractivity contribution < 1.29 is 9.53 Å². The topological polar surface area (TPSA) is 29.5 Å². The summed E-state index contributed by atoms with van der Waals surface area (Å²) in [6.07, 6.45) is 3.43. The highest BCUT2D eigenvalue weighted by atomic mass is 16.5. The quantitative estimate of drug-likeness (QED) is 0.595. The second-order valence-corrected chi connectivity index (χ2v) is 5.14. The van der Waals surface area contributed by atoms with Crippen LogP contribution in [-0.2, 0) is 0 Å². The van der Waals surface area contributed by atoms with Crippen molar-refractivity contribution in [3.8, 4) is 5.75 Å². The first kappa shape index (κ1) is 15.8. The molecule has 114 valence electrons. The molecule has 0 bridgehead atoms. The summed E-state index contributed by atoms with van der Waals surface area (Å²) >= 11 is 0. The minimum absolute atomic E-state index is 0.0141. The molecule has 0 aromatic heterocycles. The number of benzene rings is 2. The molecule has 0 aliphatic carbocycles. The van der Waals surface area contributed by atoms with E-state index in [-0.39, 0.29) is 5.78 Å².